The number of hydrogen-bond acceptors (Lipinski definition) is 6. The highest BCUT2D eigenvalue weighted by atomic mass is 16.5. The maximum atomic E-state index is 5.73. The third kappa shape index (κ3) is 2.03. The van der Waals surface area contributed by atoms with Gasteiger partial charge < -0.3 is 14.9 Å². The van der Waals surface area contributed by atoms with Crippen molar-refractivity contribution in [1.82, 2.24) is 9.97 Å². The Bertz CT molecular complexity index is 672. The molecule has 2 aliphatic rings. The lowest BCUT2D eigenvalue weighted by molar-refractivity contribution is 0.109. The number of fused-ring (bicyclic) bond motifs is 2. The van der Waals surface area contributed by atoms with Crippen molar-refractivity contribution in [2.45, 2.75) is 18.9 Å². The lowest BCUT2D eigenvalue weighted by Gasteiger charge is -2.20. The van der Waals surface area contributed by atoms with E-state index in [1.807, 2.05) is 18.2 Å². The summed E-state index contributed by atoms with van der Waals surface area (Å²) in [6.07, 6.45) is 0.786. The fraction of sp³-hybridized carbons (Fsp3) is 0.333. The number of nitrogen functional groups attached to an aromatic ring is 1. The van der Waals surface area contributed by atoms with Gasteiger partial charge in [-0.25, -0.2) is 15.8 Å². The van der Waals surface area contributed by atoms with Gasteiger partial charge in [-0.3, -0.25) is 0 Å². The number of nitrogens with two attached hydrogens (primary N) is 1. The van der Waals surface area contributed by atoms with Gasteiger partial charge in [0, 0.05) is 17.5 Å². The second-order valence-electron chi connectivity index (χ2n) is 5.20. The number of hydrazine groups is 1. The van der Waals surface area contributed by atoms with Gasteiger partial charge in [-0.1, -0.05) is 18.2 Å². The summed E-state index contributed by atoms with van der Waals surface area (Å²) < 4.78 is 11.2. The van der Waals surface area contributed by atoms with Crippen LogP contribution in [0.2, 0.25) is 0 Å². The molecule has 0 fully saturated rings. The monoisotopic (exact) mass is 284 g/mol. The highest BCUT2D eigenvalue weighted by Crippen LogP contribution is 2.37. The standard InChI is InChI=1S/C15H16N4O2/c16-19-15-11-7-20-6-5-12(11)17-14(18-15)10-8-21-13-4-2-1-3-9(10)13/h1-4,10H,5-8,16H2,(H,17,18,19). The van der Waals surface area contributed by atoms with Gasteiger partial charge in [0.15, 0.2) is 0 Å². The predicted molar refractivity (Wildman–Crippen MR) is 77.0 cm³/mol. The topological polar surface area (TPSA) is 82.3 Å². The van der Waals surface area contributed by atoms with Gasteiger partial charge >= 0.3 is 0 Å². The van der Waals surface area contributed by atoms with Gasteiger partial charge in [-0.05, 0) is 6.07 Å². The maximum absolute atomic E-state index is 5.73. The van der Waals surface area contributed by atoms with Gasteiger partial charge in [0.1, 0.15) is 24.0 Å². The summed E-state index contributed by atoms with van der Waals surface area (Å²) in [5, 5.41) is 0. The number of rotatable bonds is 2. The van der Waals surface area contributed by atoms with Gasteiger partial charge in [-0.2, -0.15) is 0 Å². The van der Waals surface area contributed by atoms with Crippen LogP contribution in [0.4, 0.5) is 5.82 Å². The summed E-state index contributed by atoms with van der Waals surface area (Å²) in [4.78, 5) is 9.31. The average molecular weight is 284 g/mol. The van der Waals surface area contributed by atoms with Crippen LogP contribution in [-0.4, -0.2) is 23.2 Å². The van der Waals surface area contributed by atoms with Gasteiger partial charge in [0.25, 0.3) is 0 Å². The number of hydrogen-bond donors (Lipinski definition) is 2. The van der Waals surface area contributed by atoms with Crippen molar-refractivity contribution in [3.8, 4) is 5.75 Å². The fourth-order valence-corrected chi connectivity index (χ4v) is 2.90. The Kier molecular flexibility index (Phi) is 2.98. The van der Waals surface area contributed by atoms with E-state index in [-0.39, 0.29) is 5.92 Å². The van der Waals surface area contributed by atoms with Crippen LogP contribution in [0.3, 0.4) is 0 Å². The molecular formula is C15H16N4O2. The molecule has 0 saturated carbocycles. The number of ether oxygens (including phenoxy) is 2. The minimum atomic E-state index is 0.0569. The first-order chi connectivity index (χ1) is 10.4. The quantitative estimate of drug-likeness (QED) is 0.640. The van der Waals surface area contributed by atoms with Gasteiger partial charge in [0.05, 0.1) is 24.8 Å². The predicted octanol–water partition coefficient (Wildman–Crippen LogP) is 1.36. The molecule has 0 aliphatic carbocycles. The lowest BCUT2D eigenvalue weighted by Crippen LogP contribution is -2.22. The van der Waals surface area contributed by atoms with Gasteiger partial charge in [0.2, 0.25) is 0 Å². The van der Waals surface area contributed by atoms with Crippen molar-refractivity contribution < 1.29 is 9.47 Å². The van der Waals surface area contributed by atoms with Crippen molar-refractivity contribution in [3.63, 3.8) is 0 Å². The van der Waals surface area contributed by atoms with Crippen LogP contribution in [0.1, 0.15) is 28.6 Å². The molecule has 108 valence electrons. The molecule has 2 aromatic rings. The van der Waals surface area contributed by atoms with E-state index in [9.17, 15) is 0 Å². The summed E-state index contributed by atoms with van der Waals surface area (Å²) in [6, 6.07) is 8.02. The van der Waals surface area contributed by atoms with Crippen molar-refractivity contribution in [2.24, 2.45) is 5.84 Å². The molecule has 1 aromatic carbocycles. The Morgan fingerprint density at radius 1 is 1.24 bits per heavy atom. The van der Waals surface area contributed by atoms with E-state index in [4.69, 9.17) is 20.3 Å². The van der Waals surface area contributed by atoms with Crippen LogP contribution < -0.4 is 16.0 Å². The largest absolute Gasteiger partial charge is 0.492 e. The van der Waals surface area contributed by atoms with E-state index in [0.29, 0.717) is 25.6 Å². The maximum Gasteiger partial charge on any atom is 0.149 e. The second-order valence-corrected chi connectivity index (χ2v) is 5.20. The molecule has 6 nitrogen and oxygen atoms in total. The molecule has 1 aromatic heterocycles. The first-order valence-corrected chi connectivity index (χ1v) is 7.02. The zero-order chi connectivity index (χ0) is 14.2. The normalized spacial score (nSPS) is 19.6. The van der Waals surface area contributed by atoms with Crippen LogP contribution in [0.5, 0.6) is 5.75 Å². The molecular weight excluding hydrogens is 268 g/mol. The molecule has 4 rings (SSSR count). The highest BCUT2D eigenvalue weighted by molar-refractivity contribution is 5.49. The summed E-state index contributed by atoms with van der Waals surface area (Å²) >= 11 is 0. The zero-order valence-corrected chi connectivity index (χ0v) is 11.5. The smallest absolute Gasteiger partial charge is 0.149 e. The second kappa shape index (κ2) is 4.98. The molecule has 3 heterocycles. The van der Waals surface area contributed by atoms with Crippen molar-refractivity contribution in [2.75, 3.05) is 18.6 Å². The first kappa shape index (κ1) is 12.6. The summed E-state index contributed by atoms with van der Waals surface area (Å²) in [5.74, 6) is 7.99. The SMILES string of the molecule is NNc1nc(C2COc3ccccc32)nc2c1COCC2. The van der Waals surface area contributed by atoms with Gasteiger partial charge in [-0.15, -0.1) is 0 Å². The van der Waals surface area contributed by atoms with E-state index in [0.717, 1.165) is 34.8 Å². The molecule has 0 saturated heterocycles. The fourth-order valence-electron chi connectivity index (χ4n) is 2.90. The summed E-state index contributed by atoms with van der Waals surface area (Å²) in [6.45, 7) is 1.76. The number of nitrogens with zero attached hydrogens (tertiary/aromatic N) is 2. The number of anilines is 1. The third-order valence-corrected chi connectivity index (χ3v) is 3.99. The van der Waals surface area contributed by atoms with Crippen LogP contribution in [0, 0.1) is 0 Å². The minimum Gasteiger partial charge on any atom is -0.492 e. The molecule has 2 aliphatic heterocycles. The van der Waals surface area contributed by atoms with Crippen LogP contribution in [0.25, 0.3) is 0 Å². The Morgan fingerprint density at radius 2 is 2.14 bits per heavy atom. The Morgan fingerprint density at radius 3 is 3.05 bits per heavy atom. The Balaban J connectivity index is 1.80. The molecule has 0 spiro atoms. The Labute approximate surface area is 122 Å². The molecule has 0 bridgehead atoms. The van der Waals surface area contributed by atoms with Crippen molar-refractivity contribution in [3.05, 3.63) is 46.9 Å². The van der Waals surface area contributed by atoms with E-state index in [1.165, 1.54) is 0 Å². The van der Waals surface area contributed by atoms with E-state index in [1.54, 1.807) is 0 Å². The van der Waals surface area contributed by atoms with Crippen LogP contribution in [0.15, 0.2) is 24.3 Å². The van der Waals surface area contributed by atoms with Crippen molar-refractivity contribution >= 4 is 5.82 Å². The summed E-state index contributed by atoms with van der Waals surface area (Å²) in [5.41, 5.74) is 5.78. The summed E-state index contributed by atoms with van der Waals surface area (Å²) in [7, 11) is 0. The van der Waals surface area contributed by atoms with Crippen LogP contribution in [-0.2, 0) is 17.8 Å². The molecule has 0 amide bonds. The molecule has 1 atom stereocenters. The average Bonchev–Trinajstić information content (AvgIpc) is 2.98. The zero-order valence-electron chi connectivity index (χ0n) is 11.5. The molecule has 0 radical (unpaired) electrons. The molecule has 3 N–H and O–H groups in total. The molecule has 1 unspecified atom stereocenters. The minimum absolute atomic E-state index is 0.0569. The van der Waals surface area contributed by atoms with Crippen molar-refractivity contribution in [1.29, 1.82) is 0 Å². The Hall–Kier alpha value is -2.18. The number of benzene rings is 1. The third-order valence-electron chi connectivity index (χ3n) is 3.99. The van der Waals surface area contributed by atoms with E-state index in [2.05, 4.69) is 16.5 Å². The number of nitrogens with one attached hydrogen (secondary N) is 1. The lowest BCUT2D eigenvalue weighted by atomic mass is 10.00. The van der Waals surface area contributed by atoms with Crippen LogP contribution >= 0.6 is 0 Å². The molecule has 21 heavy (non-hydrogen) atoms. The highest BCUT2D eigenvalue weighted by Gasteiger charge is 2.29. The number of aromatic nitrogens is 2. The molecule has 6 heteroatoms. The first-order valence-electron chi connectivity index (χ1n) is 7.02. The van der Waals surface area contributed by atoms with E-state index < -0.39 is 0 Å². The van der Waals surface area contributed by atoms with E-state index >= 15 is 0 Å². The number of para-hydroxylation sites is 1.